The zero-order valence-corrected chi connectivity index (χ0v) is 16.2. The molecule has 0 saturated carbocycles. The Kier molecular flexibility index (Phi) is 6.48. The fourth-order valence-corrected chi connectivity index (χ4v) is 3.36. The second kappa shape index (κ2) is 9.02. The van der Waals surface area contributed by atoms with Crippen LogP contribution in [0.3, 0.4) is 0 Å². The molecule has 142 valence electrons. The van der Waals surface area contributed by atoms with E-state index in [1.54, 1.807) is 23.1 Å². The predicted octanol–water partition coefficient (Wildman–Crippen LogP) is 3.32. The predicted molar refractivity (Wildman–Crippen MR) is 108 cm³/mol. The highest BCUT2D eigenvalue weighted by molar-refractivity contribution is 6.31. The maximum atomic E-state index is 12.4. The first-order valence-corrected chi connectivity index (χ1v) is 9.50. The Morgan fingerprint density at radius 3 is 2.41 bits per heavy atom. The van der Waals surface area contributed by atoms with Crippen molar-refractivity contribution in [1.82, 2.24) is 9.80 Å². The van der Waals surface area contributed by atoms with Crippen LogP contribution in [-0.2, 0) is 16.1 Å². The van der Waals surface area contributed by atoms with Crippen LogP contribution in [0.15, 0.2) is 48.5 Å². The van der Waals surface area contributed by atoms with Gasteiger partial charge < -0.3 is 10.2 Å². The van der Waals surface area contributed by atoms with Crippen molar-refractivity contribution in [3.8, 4) is 0 Å². The molecule has 1 aliphatic rings. The molecule has 27 heavy (non-hydrogen) atoms. The molecule has 0 radical (unpaired) electrons. The number of carbonyl (C=O) groups excluding carboxylic acids is 2. The minimum absolute atomic E-state index is 0.133. The molecule has 1 N–H and O–H groups in total. The molecular weight excluding hydrogens is 362 g/mol. The topological polar surface area (TPSA) is 52.7 Å². The van der Waals surface area contributed by atoms with Crippen LogP contribution in [0.1, 0.15) is 17.5 Å². The maximum absolute atomic E-state index is 12.4. The summed E-state index contributed by atoms with van der Waals surface area (Å²) in [6, 6.07) is 15.6. The molecule has 0 bridgehead atoms. The lowest BCUT2D eigenvalue weighted by molar-refractivity contribution is -0.136. The monoisotopic (exact) mass is 385 g/mol. The van der Waals surface area contributed by atoms with Gasteiger partial charge in [-0.2, -0.15) is 0 Å². The first-order valence-electron chi connectivity index (χ1n) is 9.12. The van der Waals surface area contributed by atoms with E-state index in [4.69, 9.17) is 11.6 Å². The molecule has 0 spiro atoms. The van der Waals surface area contributed by atoms with Crippen LogP contribution in [0.2, 0.25) is 5.02 Å². The van der Waals surface area contributed by atoms with Gasteiger partial charge in [-0.25, -0.2) is 0 Å². The molecule has 2 aromatic rings. The lowest BCUT2D eigenvalue weighted by atomic mass is 10.2. The third-order valence-electron chi connectivity index (χ3n) is 4.83. The van der Waals surface area contributed by atoms with E-state index in [0.717, 1.165) is 25.2 Å². The largest absolute Gasteiger partial charge is 0.340 e. The van der Waals surface area contributed by atoms with Gasteiger partial charge in [0.15, 0.2) is 0 Å². The minimum atomic E-state index is -0.308. The SMILES string of the molecule is Cc1c(Cl)cccc1NC(=O)CC(=O)N1CCN(Cc2ccccc2)CC1. The molecule has 2 amide bonds. The molecule has 0 aliphatic carbocycles. The van der Waals surface area contributed by atoms with Crippen molar-refractivity contribution in [2.24, 2.45) is 0 Å². The molecule has 0 atom stereocenters. The van der Waals surface area contributed by atoms with Crippen LogP contribution < -0.4 is 5.32 Å². The highest BCUT2D eigenvalue weighted by atomic mass is 35.5. The molecule has 5 nitrogen and oxygen atoms in total. The van der Waals surface area contributed by atoms with Gasteiger partial charge in [-0.15, -0.1) is 0 Å². The summed E-state index contributed by atoms with van der Waals surface area (Å²) in [6.07, 6.45) is -0.148. The van der Waals surface area contributed by atoms with Crippen LogP contribution >= 0.6 is 11.6 Å². The Morgan fingerprint density at radius 2 is 1.70 bits per heavy atom. The molecule has 1 saturated heterocycles. The van der Waals surface area contributed by atoms with Gasteiger partial charge in [-0.3, -0.25) is 14.5 Å². The standard InChI is InChI=1S/C21H24ClN3O2/c1-16-18(22)8-5-9-19(16)23-20(26)14-21(27)25-12-10-24(11-13-25)15-17-6-3-2-4-7-17/h2-9H,10-15H2,1H3,(H,23,26). The number of nitrogens with zero attached hydrogens (tertiary/aromatic N) is 2. The second-order valence-electron chi connectivity index (χ2n) is 6.78. The molecule has 0 aromatic heterocycles. The summed E-state index contributed by atoms with van der Waals surface area (Å²) in [5.41, 5.74) is 2.72. The number of anilines is 1. The summed E-state index contributed by atoms with van der Waals surface area (Å²) in [7, 11) is 0. The molecular formula is C21H24ClN3O2. The van der Waals surface area contributed by atoms with Gasteiger partial charge in [0.2, 0.25) is 11.8 Å². The summed E-state index contributed by atoms with van der Waals surface area (Å²) in [5.74, 6) is -0.441. The van der Waals surface area contributed by atoms with Crippen LogP contribution in [0.4, 0.5) is 5.69 Å². The normalized spacial score (nSPS) is 14.8. The summed E-state index contributed by atoms with van der Waals surface area (Å²) in [5, 5.41) is 3.37. The Morgan fingerprint density at radius 1 is 1.00 bits per heavy atom. The second-order valence-corrected chi connectivity index (χ2v) is 7.19. The summed E-state index contributed by atoms with van der Waals surface area (Å²) in [4.78, 5) is 28.8. The highest BCUT2D eigenvalue weighted by Gasteiger charge is 2.23. The van der Waals surface area contributed by atoms with Crippen LogP contribution in [0, 0.1) is 6.92 Å². The van der Waals surface area contributed by atoms with Gasteiger partial charge >= 0.3 is 0 Å². The first-order chi connectivity index (χ1) is 13.0. The number of piperazine rings is 1. The number of hydrogen-bond donors (Lipinski definition) is 1. The van der Waals surface area contributed by atoms with Crippen LogP contribution in [0.5, 0.6) is 0 Å². The van der Waals surface area contributed by atoms with E-state index in [-0.39, 0.29) is 18.2 Å². The Balaban J connectivity index is 1.46. The van der Waals surface area contributed by atoms with Crippen molar-refractivity contribution >= 4 is 29.1 Å². The van der Waals surface area contributed by atoms with Gasteiger partial charge in [0.05, 0.1) is 0 Å². The van der Waals surface area contributed by atoms with Gasteiger partial charge in [-0.1, -0.05) is 48.0 Å². The molecule has 1 fully saturated rings. The van der Waals surface area contributed by atoms with Gasteiger partial charge in [-0.05, 0) is 30.2 Å². The van der Waals surface area contributed by atoms with Crippen molar-refractivity contribution in [1.29, 1.82) is 0 Å². The number of hydrogen-bond acceptors (Lipinski definition) is 3. The molecule has 6 heteroatoms. The van der Waals surface area contributed by atoms with E-state index in [1.807, 2.05) is 25.1 Å². The quantitative estimate of drug-likeness (QED) is 0.803. The van der Waals surface area contributed by atoms with Gasteiger partial charge in [0.25, 0.3) is 0 Å². The van der Waals surface area contributed by atoms with Gasteiger partial charge in [0.1, 0.15) is 6.42 Å². The van der Waals surface area contributed by atoms with E-state index in [1.165, 1.54) is 5.56 Å². The van der Waals surface area contributed by atoms with Crippen LogP contribution in [-0.4, -0.2) is 47.8 Å². The van der Waals surface area contributed by atoms with E-state index in [9.17, 15) is 9.59 Å². The van der Waals surface area contributed by atoms with Crippen molar-refractivity contribution in [2.45, 2.75) is 19.9 Å². The molecule has 0 unspecified atom stereocenters. The zero-order valence-electron chi connectivity index (χ0n) is 15.5. The zero-order chi connectivity index (χ0) is 19.2. The third-order valence-corrected chi connectivity index (χ3v) is 5.24. The lowest BCUT2D eigenvalue weighted by Gasteiger charge is -2.34. The number of halogens is 1. The van der Waals surface area contributed by atoms with E-state index >= 15 is 0 Å². The molecule has 1 heterocycles. The number of carbonyl (C=O) groups is 2. The van der Waals surface area contributed by atoms with Gasteiger partial charge in [0, 0.05) is 43.4 Å². The van der Waals surface area contributed by atoms with E-state index in [2.05, 4.69) is 22.3 Å². The van der Waals surface area contributed by atoms with Crippen molar-refractivity contribution in [3.63, 3.8) is 0 Å². The Hall–Kier alpha value is -2.37. The lowest BCUT2D eigenvalue weighted by Crippen LogP contribution is -2.48. The minimum Gasteiger partial charge on any atom is -0.340 e. The summed E-state index contributed by atoms with van der Waals surface area (Å²) >= 11 is 6.07. The van der Waals surface area contributed by atoms with Crippen LogP contribution in [0.25, 0.3) is 0 Å². The number of rotatable bonds is 5. The van der Waals surface area contributed by atoms with E-state index in [0.29, 0.717) is 23.8 Å². The van der Waals surface area contributed by atoms with E-state index < -0.39 is 0 Å². The third kappa shape index (κ3) is 5.31. The molecule has 2 aromatic carbocycles. The average Bonchev–Trinajstić information content (AvgIpc) is 2.67. The Bertz CT molecular complexity index is 802. The first kappa shape index (κ1) is 19.4. The smallest absolute Gasteiger partial charge is 0.233 e. The fraction of sp³-hybridized carbons (Fsp3) is 0.333. The Labute approximate surface area is 164 Å². The van der Waals surface area contributed by atoms with Crippen molar-refractivity contribution in [2.75, 3.05) is 31.5 Å². The summed E-state index contributed by atoms with van der Waals surface area (Å²) < 4.78 is 0. The number of amides is 2. The van der Waals surface area contributed by atoms with Crippen molar-refractivity contribution < 1.29 is 9.59 Å². The highest BCUT2D eigenvalue weighted by Crippen LogP contribution is 2.23. The molecule has 3 rings (SSSR count). The maximum Gasteiger partial charge on any atom is 0.233 e. The average molecular weight is 386 g/mol. The molecule has 1 aliphatic heterocycles. The number of nitrogens with one attached hydrogen (secondary N) is 1. The number of benzene rings is 2. The summed E-state index contributed by atoms with van der Waals surface area (Å²) in [6.45, 7) is 5.65. The fourth-order valence-electron chi connectivity index (χ4n) is 3.18. The van der Waals surface area contributed by atoms with Crippen molar-refractivity contribution in [3.05, 3.63) is 64.7 Å².